The van der Waals surface area contributed by atoms with E-state index in [0.29, 0.717) is 30.9 Å². The molecular weight excluding hydrogens is 365 g/mol. The van der Waals surface area contributed by atoms with Crippen LogP contribution < -0.4 is 10.1 Å². The van der Waals surface area contributed by atoms with Gasteiger partial charge in [-0.1, -0.05) is 77.0 Å². The quantitative estimate of drug-likeness (QED) is 0.538. The molecule has 0 N–H and O–H groups in total. The van der Waals surface area contributed by atoms with Gasteiger partial charge in [0.05, 0.1) is 14.6 Å². The van der Waals surface area contributed by atoms with Gasteiger partial charge in [0.2, 0.25) is 4.96 Å². The van der Waals surface area contributed by atoms with E-state index in [0.717, 1.165) is 5.56 Å². The summed E-state index contributed by atoms with van der Waals surface area (Å²) < 4.78 is 1.82. The molecule has 0 radical (unpaired) electrons. The number of fused-ring (bicyclic) bond motifs is 1. The molecule has 0 spiro atoms. The van der Waals surface area contributed by atoms with Gasteiger partial charge >= 0.3 is 0 Å². The van der Waals surface area contributed by atoms with Crippen LogP contribution in [-0.4, -0.2) is 14.6 Å². The molecule has 118 valence electrons. The summed E-state index contributed by atoms with van der Waals surface area (Å²) in [6, 6.07) is 14.8. The Hall–Kier alpha value is -2.21. The van der Waals surface area contributed by atoms with Gasteiger partial charge < -0.3 is 0 Å². The number of halogens is 2. The van der Waals surface area contributed by atoms with E-state index in [9.17, 15) is 4.79 Å². The maximum absolute atomic E-state index is 12.5. The topological polar surface area (TPSA) is 47.3 Å². The first-order valence-electron chi connectivity index (χ1n) is 7.04. The second kappa shape index (κ2) is 6.02. The Balaban J connectivity index is 1.86. The van der Waals surface area contributed by atoms with E-state index in [1.54, 1.807) is 24.3 Å². The average Bonchev–Trinajstić information content (AvgIpc) is 3.13. The van der Waals surface area contributed by atoms with Gasteiger partial charge in [0.1, 0.15) is 0 Å². The molecule has 0 saturated carbocycles. The molecule has 4 rings (SSSR count). The van der Waals surface area contributed by atoms with Gasteiger partial charge in [-0.15, -0.1) is 5.10 Å². The molecule has 4 nitrogen and oxygen atoms in total. The van der Waals surface area contributed by atoms with E-state index < -0.39 is 0 Å². The van der Waals surface area contributed by atoms with Crippen LogP contribution in [0.2, 0.25) is 10.0 Å². The van der Waals surface area contributed by atoms with Gasteiger partial charge in [-0.25, -0.2) is 0 Å². The molecule has 0 bridgehead atoms. The zero-order valence-corrected chi connectivity index (χ0v) is 14.4. The molecule has 0 aliphatic rings. The minimum atomic E-state index is -0.222. The zero-order valence-electron chi connectivity index (χ0n) is 12.1. The first-order valence-corrected chi connectivity index (χ1v) is 8.61. The van der Waals surface area contributed by atoms with E-state index in [2.05, 4.69) is 10.1 Å². The van der Waals surface area contributed by atoms with Crippen molar-refractivity contribution in [2.24, 2.45) is 0 Å². The molecule has 4 aromatic rings. The van der Waals surface area contributed by atoms with Gasteiger partial charge in [0.25, 0.3) is 5.56 Å². The van der Waals surface area contributed by atoms with E-state index in [1.807, 2.05) is 30.3 Å². The normalized spacial score (nSPS) is 12.2. The highest BCUT2D eigenvalue weighted by molar-refractivity contribution is 7.15. The summed E-state index contributed by atoms with van der Waals surface area (Å²) in [7, 11) is 0. The van der Waals surface area contributed by atoms with Gasteiger partial charge in [-0.05, 0) is 17.7 Å². The molecular formula is C17H9Cl2N3OS. The van der Waals surface area contributed by atoms with Crippen LogP contribution in [0.15, 0.2) is 53.3 Å². The number of rotatable bonds is 2. The molecule has 0 amide bonds. The number of nitrogens with zero attached hydrogens (tertiary/aromatic N) is 3. The number of benzene rings is 2. The number of hydrogen-bond acceptors (Lipinski definition) is 4. The Morgan fingerprint density at radius 3 is 2.58 bits per heavy atom. The summed E-state index contributed by atoms with van der Waals surface area (Å²) in [6.45, 7) is 0. The second-order valence-electron chi connectivity index (χ2n) is 5.05. The monoisotopic (exact) mass is 373 g/mol. The first kappa shape index (κ1) is 15.3. The van der Waals surface area contributed by atoms with Crippen LogP contribution in [0.1, 0.15) is 5.56 Å². The van der Waals surface area contributed by atoms with Crippen molar-refractivity contribution >= 4 is 45.6 Å². The van der Waals surface area contributed by atoms with Crippen LogP contribution in [0.3, 0.4) is 0 Å². The zero-order chi connectivity index (χ0) is 16.7. The molecule has 0 fully saturated rings. The van der Waals surface area contributed by atoms with Gasteiger partial charge in [0, 0.05) is 5.56 Å². The van der Waals surface area contributed by atoms with Crippen LogP contribution >= 0.6 is 34.5 Å². The third kappa shape index (κ3) is 2.60. The molecule has 24 heavy (non-hydrogen) atoms. The van der Waals surface area contributed by atoms with Crippen molar-refractivity contribution in [2.45, 2.75) is 0 Å². The van der Waals surface area contributed by atoms with E-state index in [1.165, 1.54) is 15.9 Å². The molecule has 0 aliphatic carbocycles. The molecule has 2 heterocycles. The van der Waals surface area contributed by atoms with Crippen LogP contribution in [0.5, 0.6) is 0 Å². The van der Waals surface area contributed by atoms with Crippen molar-refractivity contribution in [1.82, 2.24) is 14.6 Å². The van der Waals surface area contributed by atoms with Crippen LogP contribution in [0.4, 0.5) is 0 Å². The fourth-order valence-electron chi connectivity index (χ4n) is 2.32. The first-order chi connectivity index (χ1) is 11.6. The Bertz CT molecular complexity index is 1150. The molecule has 0 unspecified atom stereocenters. The number of hydrogen-bond donors (Lipinski definition) is 0. The fraction of sp³-hybridized carbons (Fsp3) is 0. The maximum atomic E-state index is 12.5. The highest BCUT2D eigenvalue weighted by Crippen LogP contribution is 2.26. The lowest BCUT2D eigenvalue weighted by Crippen LogP contribution is -2.23. The maximum Gasteiger partial charge on any atom is 0.291 e. The average molecular weight is 374 g/mol. The third-order valence-corrected chi connectivity index (χ3v) is 5.27. The third-order valence-electron chi connectivity index (χ3n) is 3.48. The summed E-state index contributed by atoms with van der Waals surface area (Å²) in [5.41, 5.74) is 1.34. The predicted molar refractivity (Wildman–Crippen MR) is 97.8 cm³/mol. The summed E-state index contributed by atoms with van der Waals surface area (Å²) in [5, 5.41) is 5.18. The van der Waals surface area contributed by atoms with Gasteiger partial charge in [-0.2, -0.15) is 9.50 Å². The lowest BCUT2D eigenvalue weighted by Gasteiger charge is -1.98. The van der Waals surface area contributed by atoms with Crippen molar-refractivity contribution < 1.29 is 0 Å². The van der Waals surface area contributed by atoms with Gasteiger partial charge in [0.15, 0.2) is 5.82 Å². The Labute approximate surface area is 150 Å². The van der Waals surface area contributed by atoms with Crippen molar-refractivity contribution in [2.75, 3.05) is 0 Å². The molecule has 7 heteroatoms. The summed E-state index contributed by atoms with van der Waals surface area (Å²) in [4.78, 5) is 17.5. The SMILES string of the molecule is O=c1/c(=C/c2cccc(Cl)c2Cl)sc2nc(-c3ccccc3)nn12. The predicted octanol–water partition coefficient (Wildman–Crippen LogP) is 3.67. The van der Waals surface area contributed by atoms with Crippen molar-refractivity contribution in [3.8, 4) is 11.4 Å². The molecule has 0 aliphatic heterocycles. The Morgan fingerprint density at radius 2 is 1.83 bits per heavy atom. The molecule has 2 aromatic heterocycles. The second-order valence-corrected chi connectivity index (χ2v) is 6.85. The van der Waals surface area contributed by atoms with E-state index in [4.69, 9.17) is 23.2 Å². The number of aromatic nitrogens is 3. The highest BCUT2D eigenvalue weighted by Gasteiger charge is 2.12. The van der Waals surface area contributed by atoms with Crippen molar-refractivity contribution in [1.29, 1.82) is 0 Å². The summed E-state index contributed by atoms with van der Waals surface area (Å²) in [5.74, 6) is 0.534. The smallest absolute Gasteiger partial charge is 0.266 e. The van der Waals surface area contributed by atoms with E-state index in [-0.39, 0.29) is 5.56 Å². The van der Waals surface area contributed by atoms with Crippen LogP contribution in [-0.2, 0) is 0 Å². The minimum absolute atomic E-state index is 0.222. The summed E-state index contributed by atoms with van der Waals surface area (Å²) in [6.07, 6.45) is 1.71. The van der Waals surface area contributed by atoms with Crippen LogP contribution in [0, 0.1) is 0 Å². The highest BCUT2D eigenvalue weighted by atomic mass is 35.5. The summed E-state index contributed by atoms with van der Waals surface area (Å²) >= 11 is 13.5. The lowest BCUT2D eigenvalue weighted by molar-refractivity contribution is 0.937. The van der Waals surface area contributed by atoms with Crippen molar-refractivity contribution in [3.05, 3.63) is 79.0 Å². The largest absolute Gasteiger partial charge is 0.291 e. The lowest BCUT2D eigenvalue weighted by atomic mass is 10.2. The Morgan fingerprint density at radius 1 is 1.04 bits per heavy atom. The molecule has 2 aromatic carbocycles. The Kier molecular flexibility index (Phi) is 3.84. The molecule has 0 atom stereocenters. The standard InChI is InChI=1S/C17H9Cl2N3OS/c18-12-8-4-7-11(14(12)19)9-13-16(23)22-17(24-13)20-15(21-22)10-5-2-1-3-6-10/h1-9H/b13-9-. The van der Waals surface area contributed by atoms with Gasteiger partial charge in [-0.3, -0.25) is 4.79 Å². The van der Waals surface area contributed by atoms with Crippen LogP contribution in [0.25, 0.3) is 22.4 Å². The van der Waals surface area contributed by atoms with E-state index >= 15 is 0 Å². The minimum Gasteiger partial charge on any atom is -0.266 e. The fourth-order valence-corrected chi connectivity index (χ4v) is 3.58. The number of thiazole rings is 1. The van der Waals surface area contributed by atoms with Crippen molar-refractivity contribution in [3.63, 3.8) is 0 Å². The molecule has 0 saturated heterocycles.